The number of ether oxygens (including phenoxy) is 1. The number of thioether (sulfide) groups is 1. The van der Waals surface area contributed by atoms with Crippen LogP contribution in [0.4, 0.5) is 0 Å². The Bertz CT molecular complexity index is 940. The van der Waals surface area contributed by atoms with Crippen LogP contribution in [0.5, 0.6) is 0 Å². The molecule has 2 aromatic carbocycles. The van der Waals surface area contributed by atoms with Crippen molar-refractivity contribution >= 4 is 34.3 Å². The first kappa shape index (κ1) is 18.0. The molecule has 1 heterocycles. The first-order valence-corrected chi connectivity index (χ1v) is 9.45. The van der Waals surface area contributed by atoms with Gasteiger partial charge in [-0.3, -0.25) is 9.36 Å². The molecule has 0 unspecified atom stereocenters. The van der Waals surface area contributed by atoms with Crippen LogP contribution in [0.2, 0.25) is 5.02 Å². The van der Waals surface area contributed by atoms with Crippen LogP contribution in [-0.4, -0.2) is 28.0 Å². The fraction of sp³-hybridized carbons (Fsp3) is 0.263. The summed E-state index contributed by atoms with van der Waals surface area (Å²) in [6.07, 6.45) is 0.181. The van der Waals surface area contributed by atoms with Crippen molar-refractivity contribution in [3.05, 3.63) is 63.9 Å². The fourth-order valence-electron chi connectivity index (χ4n) is 2.47. The van der Waals surface area contributed by atoms with Crippen molar-refractivity contribution in [1.29, 1.82) is 0 Å². The Balaban J connectivity index is 2.06. The lowest BCUT2D eigenvalue weighted by atomic mass is 10.2. The van der Waals surface area contributed by atoms with Crippen LogP contribution in [-0.2, 0) is 4.74 Å². The van der Waals surface area contributed by atoms with E-state index in [1.54, 1.807) is 22.8 Å². The molecule has 0 atom stereocenters. The Hall–Kier alpha value is -1.82. The number of hydrogen-bond acceptors (Lipinski definition) is 4. The zero-order valence-electron chi connectivity index (χ0n) is 14.1. The molecule has 0 aliphatic rings. The quantitative estimate of drug-likeness (QED) is 0.360. The van der Waals surface area contributed by atoms with Gasteiger partial charge in [0.15, 0.2) is 5.16 Å². The highest BCUT2D eigenvalue weighted by atomic mass is 35.5. The number of fused-ring (bicyclic) bond motifs is 1. The van der Waals surface area contributed by atoms with Gasteiger partial charge in [0.05, 0.1) is 29.3 Å². The predicted molar refractivity (Wildman–Crippen MR) is 104 cm³/mol. The summed E-state index contributed by atoms with van der Waals surface area (Å²) >= 11 is 7.62. The van der Waals surface area contributed by atoms with Crippen molar-refractivity contribution in [1.82, 2.24) is 9.55 Å². The largest absolute Gasteiger partial charge is 0.378 e. The first-order valence-electron chi connectivity index (χ1n) is 8.08. The van der Waals surface area contributed by atoms with E-state index >= 15 is 0 Å². The minimum atomic E-state index is -0.0971. The molecule has 3 rings (SSSR count). The van der Waals surface area contributed by atoms with Crippen LogP contribution < -0.4 is 5.56 Å². The molecule has 0 aliphatic heterocycles. The van der Waals surface area contributed by atoms with Crippen molar-refractivity contribution in [3.8, 4) is 5.69 Å². The number of benzene rings is 2. The van der Waals surface area contributed by atoms with E-state index in [9.17, 15) is 4.79 Å². The Morgan fingerprint density at radius 1 is 1.20 bits per heavy atom. The van der Waals surface area contributed by atoms with Crippen LogP contribution >= 0.6 is 23.4 Å². The van der Waals surface area contributed by atoms with Crippen LogP contribution in [0.1, 0.15) is 13.8 Å². The average molecular weight is 375 g/mol. The van der Waals surface area contributed by atoms with E-state index in [0.29, 0.717) is 39.1 Å². The summed E-state index contributed by atoms with van der Waals surface area (Å²) in [6, 6.07) is 14.6. The first-order chi connectivity index (χ1) is 12.1. The van der Waals surface area contributed by atoms with Gasteiger partial charge in [-0.1, -0.05) is 41.6 Å². The number of rotatable bonds is 6. The van der Waals surface area contributed by atoms with Gasteiger partial charge in [0.2, 0.25) is 0 Å². The van der Waals surface area contributed by atoms with Crippen LogP contribution in [0, 0.1) is 0 Å². The SMILES string of the molecule is CC(C)OCCSc1nc2ccccc2c(=O)n1-c1cccc(Cl)c1. The van der Waals surface area contributed by atoms with Crippen LogP contribution in [0.3, 0.4) is 0 Å². The third kappa shape index (κ3) is 4.24. The second-order valence-corrected chi connectivity index (χ2v) is 7.30. The smallest absolute Gasteiger partial charge is 0.266 e. The molecule has 25 heavy (non-hydrogen) atoms. The van der Waals surface area contributed by atoms with Crippen LogP contribution in [0.15, 0.2) is 58.5 Å². The molecule has 4 nitrogen and oxygen atoms in total. The molecule has 0 radical (unpaired) electrons. The Morgan fingerprint density at radius 2 is 2.00 bits per heavy atom. The molecule has 0 aliphatic carbocycles. The zero-order chi connectivity index (χ0) is 17.8. The van der Waals surface area contributed by atoms with E-state index in [0.717, 1.165) is 0 Å². The third-order valence-electron chi connectivity index (χ3n) is 3.58. The number of nitrogens with zero attached hydrogens (tertiary/aromatic N) is 2. The van der Waals surface area contributed by atoms with E-state index in [1.165, 1.54) is 11.8 Å². The van der Waals surface area contributed by atoms with Gasteiger partial charge in [-0.2, -0.15) is 0 Å². The summed E-state index contributed by atoms with van der Waals surface area (Å²) in [6.45, 7) is 4.60. The van der Waals surface area contributed by atoms with E-state index in [-0.39, 0.29) is 11.7 Å². The Labute approximate surface area is 155 Å². The average Bonchev–Trinajstić information content (AvgIpc) is 2.59. The number of hydrogen-bond donors (Lipinski definition) is 0. The van der Waals surface area contributed by atoms with E-state index in [4.69, 9.17) is 16.3 Å². The molecule has 0 N–H and O–H groups in total. The van der Waals surface area contributed by atoms with Crippen molar-refractivity contribution < 1.29 is 4.74 Å². The molecule has 0 amide bonds. The van der Waals surface area contributed by atoms with E-state index in [1.807, 2.05) is 44.2 Å². The molecule has 0 bridgehead atoms. The highest BCUT2D eigenvalue weighted by molar-refractivity contribution is 7.99. The fourth-order valence-corrected chi connectivity index (χ4v) is 3.50. The molecule has 1 aromatic heterocycles. The molecule has 130 valence electrons. The van der Waals surface area contributed by atoms with Gasteiger partial charge >= 0.3 is 0 Å². The normalized spacial score (nSPS) is 11.4. The summed E-state index contributed by atoms with van der Waals surface area (Å²) in [7, 11) is 0. The molecule has 0 fully saturated rings. The maximum atomic E-state index is 13.0. The number of para-hydroxylation sites is 1. The van der Waals surface area contributed by atoms with Crippen molar-refractivity contribution in [2.24, 2.45) is 0 Å². The lowest BCUT2D eigenvalue weighted by Gasteiger charge is -2.14. The maximum absolute atomic E-state index is 13.0. The van der Waals surface area contributed by atoms with Gasteiger partial charge in [-0.15, -0.1) is 0 Å². The van der Waals surface area contributed by atoms with Crippen molar-refractivity contribution in [2.75, 3.05) is 12.4 Å². The maximum Gasteiger partial charge on any atom is 0.266 e. The molecule has 0 saturated carbocycles. The zero-order valence-corrected chi connectivity index (χ0v) is 15.7. The summed E-state index contributed by atoms with van der Waals surface area (Å²) < 4.78 is 7.21. The predicted octanol–water partition coefficient (Wildman–Crippen LogP) is 4.56. The van der Waals surface area contributed by atoms with Gasteiger partial charge in [-0.25, -0.2) is 4.98 Å². The Kier molecular flexibility index (Phi) is 5.78. The van der Waals surface area contributed by atoms with Crippen molar-refractivity contribution in [2.45, 2.75) is 25.1 Å². The summed E-state index contributed by atoms with van der Waals surface area (Å²) in [5, 5.41) is 1.81. The van der Waals surface area contributed by atoms with Gasteiger partial charge in [0.1, 0.15) is 0 Å². The van der Waals surface area contributed by atoms with Gasteiger partial charge < -0.3 is 4.74 Å². The summed E-state index contributed by atoms with van der Waals surface area (Å²) in [5.41, 5.74) is 1.31. The van der Waals surface area contributed by atoms with Gasteiger partial charge in [0.25, 0.3) is 5.56 Å². The topological polar surface area (TPSA) is 44.1 Å². The van der Waals surface area contributed by atoms with E-state index in [2.05, 4.69) is 4.98 Å². The second-order valence-electron chi connectivity index (χ2n) is 5.80. The number of halogens is 1. The summed E-state index contributed by atoms with van der Waals surface area (Å²) in [5.74, 6) is 0.712. The molecular weight excluding hydrogens is 356 g/mol. The highest BCUT2D eigenvalue weighted by Crippen LogP contribution is 2.22. The van der Waals surface area contributed by atoms with Crippen LogP contribution in [0.25, 0.3) is 16.6 Å². The molecular formula is C19H19ClN2O2S. The monoisotopic (exact) mass is 374 g/mol. The standard InChI is InChI=1S/C19H19ClN2O2S/c1-13(2)24-10-11-25-19-21-17-9-4-3-8-16(17)18(23)22(19)15-7-5-6-14(20)12-15/h3-9,12-13H,10-11H2,1-2H3. The minimum absolute atomic E-state index is 0.0971. The highest BCUT2D eigenvalue weighted by Gasteiger charge is 2.13. The minimum Gasteiger partial charge on any atom is -0.378 e. The molecule has 3 aromatic rings. The Morgan fingerprint density at radius 3 is 2.76 bits per heavy atom. The molecule has 0 saturated heterocycles. The molecule has 6 heteroatoms. The van der Waals surface area contributed by atoms with Gasteiger partial charge in [-0.05, 0) is 44.2 Å². The number of aromatic nitrogens is 2. The third-order valence-corrected chi connectivity index (χ3v) is 4.71. The van der Waals surface area contributed by atoms with Gasteiger partial charge in [0, 0.05) is 10.8 Å². The summed E-state index contributed by atoms with van der Waals surface area (Å²) in [4.78, 5) is 17.7. The molecule has 0 spiro atoms. The van der Waals surface area contributed by atoms with Crippen molar-refractivity contribution in [3.63, 3.8) is 0 Å². The lowest BCUT2D eigenvalue weighted by molar-refractivity contribution is 0.0920. The lowest BCUT2D eigenvalue weighted by Crippen LogP contribution is -2.22. The second kappa shape index (κ2) is 8.04. The van der Waals surface area contributed by atoms with E-state index < -0.39 is 0 Å².